The van der Waals surface area contributed by atoms with Crippen molar-refractivity contribution in [3.05, 3.63) is 11.2 Å². The monoisotopic (exact) mass is 427 g/mol. The first-order valence-corrected chi connectivity index (χ1v) is 10.7. The highest BCUT2D eigenvalue weighted by molar-refractivity contribution is 7.99. The predicted octanol–water partition coefficient (Wildman–Crippen LogP) is 2.83. The van der Waals surface area contributed by atoms with Gasteiger partial charge in [-0.05, 0) is 20.8 Å². The molecule has 1 aliphatic rings. The van der Waals surface area contributed by atoms with Gasteiger partial charge in [0, 0.05) is 43.2 Å². The maximum atomic E-state index is 12.4. The van der Waals surface area contributed by atoms with Crippen LogP contribution < -0.4 is 10.2 Å². The summed E-state index contributed by atoms with van der Waals surface area (Å²) in [5.74, 6) is 1.04. The molecule has 0 radical (unpaired) electrons. The highest BCUT2D eigenvalue weighted by Gasteiger charge is 2.30. The summed E-state index contributed by atoms with van der Waals surface area (Å²) in [5.41, 5.74) is -0.653. The first-order valence-electron chi connectivity index (χ1n) is 9.38. The van der Waals surface area contributed by atoms with Crippen LogP contribution in [0.25, 0.3) is 0 Å². The zero-order valence-electron chi connectivity index (χ0n) is 17.5. The van der Waals surface area contributed by atoms with Crippen LogP contribution in [0.4, 0.5) is 5.82 Å². The predicted molar refractivity (Wildman–Crippen MR) is 114 cm³/mol. The van der Waals surface area contributed by atoms with Crippen molar-refractivity contribution in [2.45, 2.75) is 52.2 Å². The van der Waals surface area contributed by atoms with Gasteiger partial charge in [-0.15, -0.1) is 0 Å². The molecule has 0 bridgehead atoms. The van der Waals surface area contributed by atoms with Crippen LogP contribution in [-0.2, 0) is 9.59 Å². The third-order valence-electron chi connectivity index (χ3n) is 4.04. The lowest BCUT2D eigenvalue weighted by molar-refractivity contribution is -0.139. The lowest BCUT2D eigenvalue weighted by atomic mass is 9.94. The molecule has 1 saturated heterocycles. The second-order valence-corrected chi connectivity index (χ2v) is 10.3. The molecular weight excluding hydrogens is 398 g/mol. The van der Waals surface area contributed by atoms with Crippen molar-refractivity contribution in [2.75, 3.05) is 36.8 Å². The van der Waals surface area contributed by atoms with Crippen molar-refractivity contribution in [1.82, 2.24) is 20.2 Å². The Hall–Kier alpha value is -1.54. The summed E-state index contributed by atoms with van der Waals surface area (Å²) >= 11 is 7.43. The first kappa shape index (κ1) is 22.7. The number of thioether (sulfide) groups is 1. The molecule has 0 aliphatic carbocycles. The van der Waals surface area contributed by atoms with E-state index in [4.69, 9.17) is 11.6 Å². The van der Waals surface area contributed by atoms with Crippen LogP contribution in [0.3, 0.4) is 0 Å². The Morgan fingerprint density at radius 3 is 2.25 bits per heavy atom. The number of carbonyl (C=O) groups is 2. The van der Waals surface area contributed by atoms with E-state index < -0.39 is 0 Å². The molecule has 28 heavy (non-hydrogen) atoms. The lowest BCUT2D eigenvalue weighted by Crippen LogP contribution is -2.51. The van der Waals surface area contributed by atoms with Crippen LogP contribution in [0, 0.1) is 5.41 Å². The van der Waals surface area contributed by atoms with E-state index in [1.807, 2.05) is 46.4 Å². The number of hydrogen-bond donors (Lipinski definition) is 1. The van der Waals surface area contributed by atoms with Crippen molar-refractivity contribution >= 4 is 41.0 Å². The van der Waals surface area contributed by atoms with Gasteiger partial charge in [0.05, 0.1) is 5.75 Å². The summed E-state index contributed by atoms with van der Waals surface area (Å²) in [5, 5.41) is 3.73. The quantitative estimate of drug-likeness (QED) is 0.452. The van der Waals surface area contributed by atoms with Crippen molar-refractivity contribution in [2.24, 2.45) is 5.41 Å². The van der Waals surface area contributed by atoms with E-state index >= 15 is 0 Å². The van der Waals surface area contributed by atoms with Gasteiger partial charge in [0.1, 0.15) is 11.0 Å². The fourth-order valence-electron chi connectivity index (χ4n) is 2.81. The van der Waals surface area contributed by atoms with E-state index in [0.29, 0.717) is 36.5 Å². The van der Waals surface area contributed by atoms with Gasteiger partial charge >= 0.3 is 0 Å². The second-order valence-electron chi connectivity index (χ2n) is 8.95. The minimum absolute atomic E-state index is 0.0723. The molecule has 7 nitrogen and oxygen atoms in total. The molecule has 1 aliphatic heterocycles. The Morgan fingerprint density at radius 1 is 1.11 bits per heavy atom. The van der Waals surface area contributed by atoms with E-state index in [-0.39, 0.29) is 28.5 Å². The summed E-state index contributed by atoms with van der Waals surface area (Å²) < 4.78 is 0. The van der Waals surface area contributed by atoms with E-state index in [1.54, 1.807) is 6.07 Å². The summed E-state index contributed by atoms with van der Waals surface area (Å²) in [6.07, 6.45) is 0. The maximum Gasteiger partial charge on any atom is 0.230 e. The number of hydrogen-bond acceptors (Lipinski definition) is 6. The van der Waals surface area contributed by atoms with Gasteiger partial charge in [-0.1, -0.05) is 44.1 Å². The van der Waals surface area contributed by atoms with Crippen LogP contribution in [0.1, 0.15) is 41.5 Å². The van der Waals surface area contributed by atoms with Crippen molar-refractivity contribution in [3.8, 4) is 0 Å². The molecule has 1 N–H and O–H groups in total. The van der Waals surface area contributed by atoms with Crippen LogP contribution >= 0.6 is 23.4 Å². The van der Waals surface area contributed by atoms with Crippen molar-refractivity contribution < 1.29 is 9.59 Å². The molecule has 2 amide bonds. The highest BCUT2D eigenvalue weighted by Crippen LogP contribution is 2.24. The normalized spacial score (nSPS) is 15.5. The van der Waals surface area contributed by atoms with Crippen LogP contribution in [0.2, 0.25) is 5.15 Å². The Labute approximate surface area is 176 Å². The number of aromatic nitrogens is 2. The Bertz CT molecular complexity index is 722. The number of rotatable bonds is 4. The fraction of sp³-hybridized carbons (Fsp3) is 0.684. The number of amides is 2. The number of piperazine rings is 1. The van der Waals surface area contributed by atoms with Gasteiger partial charge in [0.2, 0.25) is 11.8 Å². The molecule has 1 fully saturated rings. The zero-order valence-corrected chi connectivity index (χ0v) is 19.1. The van der Waals surface area contributed by atoms with E-state index in [0.717, 1.165) is 5.82 Å². The number of nitrogens with zero attached hydrogens (tertiary/aromatic N) is 4. The molecule has 9 heteroatoms. The second kappa shape index (κ2) is 8.86. The Balaban J connectivity index is 1.98. The van der Waals surface area contributed by atoms with Crippen molar-refractivity contribution in [1.29, 1.82) is 0 Å². The van der Waals surface area contributed by atoms with Gasteiger partial charge in [0.15, 0.2) is 5.16 Å². The highest BCUT2D eigenvalue weighted by atomic mass is 35.5. The van der Waals surface area contributed by atoms with Crippen LogP contribution in [0.5, 0.6) is 0 Å². The van der Waals surface area contributed by atoms with E-state index in [9.17, 15) is 9.59 Å². The number of halogens is 1. The standard InChI is InChI=1S/C19H30ClN5O2S/c1-18(2,3)16(27)25-9-7-24(8-10-25)14-11-13(20)21-17(22-14)28-12-15(26)23-19(4,5)6/h11H,7-10,12H2,1-6H3,(H,23,26). The smallest absolute Gasteiger partial charge is 0.230 e. The minimum atomic E-state index is -0.377. The molecular formula is C19H30ClN5O2S. The topological polar surface area (TPSA) is 78.4 Å². The molecule has 2 rings (SSSR count). The largest absolute Gasteiger partial charge is 0.353 e. The molecule has 1 aromatic heterocycles. The lowest BCUT2D eigenvalue weighted by Gasteiger charge is -2.38. The molecule has 0 unspecified atom stereocenters. The first-order chi connectivity index (χ1) is 12.8. The molecule has 0 atom stereocenters. The molecule has 0 aromatic carbocycles. The van der Waals surface area contributed by atoms with Gasteiger partial charge in [-0.3, -0.25) is 9.59 Å². The molecule has 0 saturated carbocycles. The average molecular weight is 428 g/mol. The van der Waals surface area contributed by atoms with E-state index in [2.05, 4.69) is 20.2 Å². The zero-order chi connectivity index (χ0) is 21.1. The van der Waals surface area contributed by atoms with E-state index in [1.165, 1.54) is 11.8 Å². The Kier molecular flexibility index (Phi) is 7.20. The summed E-state index contributed by atoms with van der Waals surface area (Å²) in [6.45, 7) is 14.3. The third-order valence-corrected chi connectivity index (χ3v) is 5.08. The summed E-state index contributed by atoms with van der Waals surface area (Å²) in [4.78, 5) is 37.2. The maximum absolute atomic E-state index is 12.4. The number of anilines is 1. The molecule has 0 spiro atoms. The number of nitrogens with one attached hydrogen (secondary N) is 1. The van der Waals surface area contributed by atoms with Crippen molar-refractivity contribution in [3.63, 3.8) is 0 Å². The van der Waals surface area contributed by atoms with Gasteiger partial charge in [0.25, 0.3) is 0 Å². The molecule has 156 valence electrons. The SMILES string of the molecule is CC(C)(C)NC(=O)CSc1nc(Cl)cc(N2CCN(C(=O)C(C)(C)C)CC2)n1. The van der Waals surface area contributed by atoms with Crippen LogP contribution in [0.15, 0.2) is 11.2 Å². The van der Waals surface area contributed by atoms with Crippen LogP contribution in [-0.4, -0.2) is 64.2 Å². The summed E-state index contributed by atoms with van der Waals surface area (Å²) in [7, 11) is 0. The Morgan fingerprint density at radius 2 is 1.71 bits per heavy atom. The number of carbonyl (C=O) groups excluding carboxylic acids is 2. The molecule has 2 heterocycles. The average Bonchev–Trinajstić information content (AvgIpc) is 2.57. The molecule has 1 aromatic rings. The van der Waals surface area contributed by atoms with Gasteiger partial charge in [-0.2, -0.15) is 0 Å². The van der Waals surface area contributed by atoms with Gasteiger partial charge in [-0.25, -0.2) is 9.97 Å². The fourth-order valence-corrected chi connectivity index (χ4v) is 3.69. The summed E-state index contributed by atoms with van der Waals surface area (Å²) in [6, 6.07) is 1.72. The minimum Gasteiger partial charge on any atom is -0.353 e. The van der Waals surface area contributed by atoms with Gasteiger partial charge < -0.3 is 15.1 Å². The third kappa shape index (κ3) is 6.81.